The van der Waals surface area contributed by atoms with Gasteiger partial charge in [0.2, 0.25) is 5.91 Å². The average molecular weight is 227 g/mol. The van der Waals surface area contributed by atoms with Crippen molar-refractivity contribution in [2.24, 2.45) is 0 Å². The highest BCUT2D eigenvalue weighted by Crippen LogP contribution is 2.49. The molecule has 0 bridgehead atoms. The topological polar surface area (TPSA) is 20.3 Å². The van der Waals surface area contributed by atoms with E-state index in [4.69, 9.17) is 0 Å². The molecule has 0 aromatic heterocycles. The van der Waals surface area contributed by atoms with Gasteiger partial charge in [-0.3, -0.25) is 4.79 Å². The Labute approximate surface area is 102 Å². The van der Waals surface area contributed by atoms with Crippen molar-refractivity contribution in [1.82, 2.24) is 0 Å². The lowest BCUT2D eigenvalue weighted by Crippen LogP contribution is -2.39. The van der Waals surface area contributed by atoms with Crippen LogP contribution < -0.4 is 4.90 Å². The van der Waals surface area contributed by atoms with Crippen LogP contribution in [-0.4, -0.2) is 13.0 Å². The average Bonchev–Trinajstić information content (AvgIpc) is 2.54. The van der Waals surface area contributed by atoms with E-state index in [1.54, 1.807) is 0 Å². The number of allylic oxidation sites excluding steroid dienone is 2. The lowest BCUT2D eigenvalue weighted by atomic mass is 9.70. The number of anilines is 1. The Bertz CT molecular complexity index is 517. The predicted molar refractivity (Wildman–Crippen MR) is 69.1 cm³/mol. The van der Waals surface area contributed by atoms with Crippen LogP contribution in [0.25, 0.3) is 0 Å². The Kier molecular flexibility index (Phi) is 2.15. The lowest BCUT2D eigenvalue weighted by Gasteiger charge is -2.31. The first-order valence-corrected chi connectivity index (χ1v) is 6.18. The highest BCUT2D eigenvalue weighted by molar-refractivity contribution is 6.08. The summed E-state index contributed by atoms with van der Waals surface area (Å²) >= 11 is 0. The fourth-order valence-electron chi connectivity index (χ4n) is 3.33. The van der Waals surface area contributed by atoms with E-state index in [2.05, 4.69) is 25.1 Å². The largest absolute Gasteiger partial charge is 0.314 e. The van der Waals surface area contributed by atoms with Crippen molar-refractivity contribution in [3.63, 3.8) is 0 Å². The minimum absolute atomic E-state index is 0.270. The molecule has 1 aromatic rings. The second kappa shape index (κ2) is 3.46. The smallest absolute Gasteiger partial charge is 0.237 e. The molecule has 1 unspecified atom stereocenters. The summed E-state index contributed by atoms with van der Waals surface area (Å²) in [6, 6.07) is 8.22. The molecule has 88 valence electrons. The molecule has 1 heterocycles. The van der Waals surface area contributed by atoms with Gasteiger partial charge in [0.05, 0.1) is 5.41 Å². The van der Waals surface area contributed by atoms with Crippen LogP contribution in [0.15, 0.2) is 35.9 Å². The van der Waals surface area contributed by atoms with Gasteiger partial charge in [0, 0.05) is 12.7 Å². The molecule has 0 saturated heterocycles. The van der Waals surface area contributed by atoms with Gasteiger partial charge in [-0.25, -0.2) is 0 Å². The Morgan fingerprint density at radius 2 is 2.06 bits per heavy atom. The van der Waals surface area contributed by atoms with Crippen molar-refractivity contribution in [2.45, 2.75) is 31.6 Å². The molecule has 2 heteroatoms. The summed E-state index contributed by atoms with van der Waals surface area (Å²) in [4.78, 5) is 14.4. The summed E-state index contributed by atoms with van der Waals surface area (Å²) in [6.45, 7) is 2.13. The van der Waals surface area contributed by atoms with Crippen molar-refractivity contribution >= 4 is 11.6 Å². The van der Waals surface area contributed by atoms with Crippen LogP contribution in [-0.2, 0) is 10.2 Å². The molecule has 2 aliphatic rings. The number of rotatable bonds is 0. The zero-order chi connectivity index (χ0) is 12.0. The first-order valence-electron chi connectivity index (χ1n) is 6.18. The molecule has 1 aromatic carbocycles. The number of benzene rings is 1. The van der Waals surface area contributed by atoms with Gasteiger partial charge in [0.15, 0.2) is 0 Å². The SMILES string of the molecule is CC1=CCCC2(C1)C(=O)N(C)c1ccccc12. The van der Waals surface area contributed by atoms with E-state index in [9.17, 15) is 4.79 Å². The molecule has 0 N–H and O–H groups in total. The highest BCUT2D eigenvalue weighted by Gasteiger charge is 2.49. The van der Waals surface area contributed by atoms with Gasteiger partial charge in [0.25, 0.3) is 0 Å². The van der Waals surface area contributed by atoms with E-state index in [1.165, 1.54) is 11.1 Å². The maximum atomic E-state index is 12.6. The molecule has 3 rings (SSSR count). The summed E-state index contributed by atoms with van der Waals surface area (Å²) in [7, 11) is 1.89. The molecule has 1 amide bonds. The quantitative estimate of drug-likeness (QED) is 0.624. The summed E-state index contributed by atoms with van der Waals surface area (Å²) in [5.74, 6) is 0.270. The standard InChI is InChI=1S/C15H17NO/c1-11-6-5-9-15(10-11)12-7-3-4-8-13(12)16(2)14(15)17/h3-4,6-8H,5,9-10H2,1-2H3. The van der Waals surface area contributed by atoms with Gasteiger partial charge in [-0.05, 0) is 37.8 Å². The summed E-state index contributed by atoms with van der Waals surface area (Å²) in [5.41, 5.74) is 3.38. The van der Waals surface area contributed by atoms with Crippen molar-refractivity contribution in [1.29, 1.82) is 0 Å². The Hall–Kier alpha value is -1.57. The Morgan fingerprint density at radius 3 is 2.82 bits per heavy atom. The van der Waals surface area contributed by atoms with E-state index in [0.29, 0.717) is 0 Å². The normalized spacial score (nSPS) is 27.3. The summed E-state index contributed by atoms with van der Waals surface area (Å²) in [6.07, 6.45) is 5.11. The monoisotopic (exact) mass is 227 g/mol. The molecular weight excluding hydrogens is 210 g/mol. The van der Waals surface area contributed by atoms with Gasteiger partial charge in [0.1, 0.15) is 0 Å². The van der Waals surface area contributed by atoms with E-state index < -0.39 is 0 Å². The number of fused-ring (bicyclic) bond motifs is 2. The number of likely N-dealkylation sites (N-methyl/N-ethyl adjacent to an activating group) is 1. The van der Waals surface area contributed by atoms with Crippen LogP contribution in [0.4, 0.5) is 5.69 Å². The molecule has 0 radical (unpaired) electrons. The lowest BCUT2D eigenvalue weighted by molar-refractivity contribution is -0.123. The Morgan fingerprint density at radius 1 is 1.29 bits per heavy atom. The highest BCUT2D eigenvalue weighted by atomic mass is 16.2. The number of para-hydroxylation sites is 1. The zero-order valence-electron chi connectivity index (χ0n) is 10.4. The van der Waals surface area contributed by atoms with Crippen LogP contribution in [0.2, 0.25) is 0 Å². The van der Waals surface area contributed by atoms with E-state index in [-0.39, 0.29) is 11.3 Å². The third-order valence-electron chi connectivity index (χ3n) is 4.14. The van der Waals surface area contributed by atoms with Crippen molar-refractivity contribution in [3.8, 4) is 0 Å². The number of hydrogen-bond acceptors (Lipinski definition) is 1. The Balaban J connectivity index is 2.18. The zero-order valence-corrected chi connectivity index (χ0v) is 10.4. The minimum Gasteiger partial charge on any atom is -0.314 e. The van der Waals surface area contributed by atoms with E-state index in [1.807, 2.05) is 24.1 Å². The molecule has 1 aliphatic carbocycles. The van der Waals surface area contributed by atoms with Crippen molar-refractivity contribution in [3.05, 3.63) is 41.5 Å². The van der Waals surface area contributed by atoms with E-state index >= 15 is 0 Å². The van der Waals surface area contributed by atoms with Crippen LogP contribution in [0.1, 0.15) is 31.7 Å². The molecule has 2 nitrogen and oxygen atoms in total. The third kappa shape index (κ3) is 1.30. The second-order valence-electron chi connectivity index (χ2n) is 5.23. The van der Waals surface area contributed by atoms with Gasteiger partial charge in [-0.1, -0.05) is 29.8 Å². The number of amides is 1. The number of carbonyl (C=O) groups is 1. The molecular formula is C15H17NO. The molecule has 1 spiro atoms. The van der Waals surface area contributed by atoms with Crippen LogP contribution in [0, 0.1) is 0 Å². The molecule has 1 atom stereocenters. The number of carbonyl (C=O) groups excluding carboxylic acids is 1. The van der Waals surface area contributed by atoms with Gasteiger partial charge < -0.3 is 4.90 Å². The number of nitrogens with zero attached hydrogens (tertiary/aromatic N) is 1. The predicted octanol–water partition coefficient (Wildman–Crippen LogP) is 3.03. The molecule has 0 fully saturated rings. The fourth-order valence-corrected chi connectivity index (χ4v) is 3.33. The first-order chi connectivity index (χ1) is 8.15. The summed E-state index contributed by atoms with van der Waals surface area (Å²) < 4.78 is 0. The second-order valence-corrected chi connectivity index (χ2v) is 5.23. The minimum atomic E-state index is -0.274. The number of hydrogen-bond donors (Lipinski definition) is 0. The van der Waals surface area contributed by atoms with Gasteiger partial charge >= 0.3 is 0 Å². The van der Waals surface area contributed by atoms with Gasteiger partial charge in [-0.2, -0.15) is 0 Å². The van der Waals surface area contributed by atoms with Crippen molar-refractivity contribution in [2.75, 3.05) is 11.9 Å². The molecule has 17 heavy (non-hydrogen) atoms. The van der Waals surface area contributed by atoms with Crippen LogP contribution in [0.3, 0.4) is 0 Å². The fraction of sp³-hybridized carbons (Fsp3) is 0.400. The molecule has 1 aliphatic heterocycles. The summed E-state index contributed by atoms with van der Waals surface area (Å²) in [5, 5.41) is 0. The van der Waals surface area contributed by atoms with Gasteiger partial charge in [-0.15, -0.1) is 0 Å². The maximum absolute atomic E-state index is 12.6. The van der Waals surface area contributed by atoms with Crippen LogP contribution >= 0.6 is 0 Å². The van der Waals surface area contributed by atoms with Crippen LogP contribution in [0.5, 0.6) is 0 Å². The first kappa shape index (κ1) is 10.6. The molecule has 0 saturated carbocycles. The van der Waals surface area contributed by atoms with Crippen molar-refractivity contribution < 1.29 is 4.79 Å². The maximum Gasteiger partial charge on any atom is 0.237 e. The third-order valence-corrected chi connectivity index (χ3v) is 4.14. The van der Waals surface area contributed by atoms with E-state index in [0.717, 1.165) is 24.9 Å².